The van der Waals surface area contributed by atoms with Crippen LogP contribution in [0.25, 0.3) is 0 Å². The van der Waals surface area contributed by atoms with E-state index in [-0.39, 0.29) is 5.82 Å². The lowest BCUT2D eigenvalue weighted by molar-refractivity contribution is 0.445. The largest absolute Gasteiger partial charge is 0.397 e. The maximum Gasteiger partial charge on any atom is 0.139 e. The van der Waals surface area contributed by atoms with Crippen molar-refractivity contribution in [3.8, 4) is 0 Å². The number of halogens is 2. The van der Waals surface area contributed by atoms with Crippen LogP contribution in [0.4, 0.5) is 15.8 Å². The average molecular weight is 259 g/mol. The molecule has 0 amide bonds. The molecule has 2 rings (SSSR count). The molecule has 3 N–H and O–H groups in total. The Morgan fingerprint density at radius 1 is 1.43 bits per heavy atom. The zero-order chi connectivity index (χ0) is 10.1. The van der Waals surface area contributed by atoms with E-state index < -0.39 is 0 Å². The highest BCUT2D eigenvalue weighted by Crippen LogP contribution is 2.30. The quantitative estimate of drug-likeness (QED) is 0.801. The highest BCUT2D eigenvalue weighted by Gasteiger charge is 2.18. The van der Waals surface area contributed by atoms with Crippen molar-refractivity contribution < 1.29 is 4.39 Å². The molecule has 1 aromatic carbocycles. The predicted octanol–water partition coefficient (Wildman–Crippen LogP) is 3.13. The third-order valence-electron chi connectivity index (χ3n) is 2.56. The van der Waals surface area contributed by atoms with Crippen molar-refractivity contribution >= 4 is 27.3 Å². The van der Waals surface area contributed by atoms with Gasteiger partial charge in [0.1, 0.15) is 5.82 Å². The molecule has 0 aromatic heterocycles. The van der Waals surface area contributed by atoms with Crippen LogP contribution in [0.5, 0.6) is 0 Å². The Morgan fingerprint density at radius 3 is 2.71 bits per heavy atom. The molecule has 0 heterocycles. The molecule has 1 aliphatic rings. The molecule has 2 nitrogen and oxygen atoms in total. The van der Waals surface area contributed by atoms with Crippen molar-refractivity contribution in [1.82, 2.24) is 0 Å². The summed E-state index contributed by atoms with van der Waals surface area (Å²) in [5, 5.41) is 3.29. The van der Waals surface area contributed by atoms with Gasteiger partial charge in [-0.3, -0.25) is 0 Å². The van der Waals surface area contributed by atoms with E-state index in [1.54, 1.807) is 6.07 Å². The minimum absolute atomic E-state index is 0.318. The minimum Gasteiger partial charge on any atom is -0.397 e. The van der Waals surface area contributed by atoms with Gasteiger partial charge in [0.2, 0.25) is 0 Å². The molecular formula is C10H12BrFN2. The number of nitrogens with two attached hydrogens (primary N) is 1. The number of nitrogen functional groups attached to an aromatic ring is 1. The predicted molar refractivity (Wildman–Crippen MR) is 59.8 cm³/mol. The van der Waals surface area contributed by atoms with Gasteiger partial charge >= 0.3 is 0 Å². The lowest BCUT2D eigenvalue weighted by Crippen LogP contribution is -2.27. The normalized spacial score (nSPS) is 16.4. The summed E-state index contributed by atoms with van der Waals surface area (Å²) < 4.78 is 13.5. The van der Waals surface area contributed by atoms with Crippen LogP contribution in [0.1, 0.15) is 19.3 Å². The molecule has 1 aliphatic carbocycles. The average Bonchev–Trinajstić information content (AvgIpc) is 2.06. The summed E-state index contributed by atoms with van der Waals surface area (Å²) in [4.78, 5) is 0. The van der Waals surface area contributed by atoms with E-state index in [1.165, 1.54) is 25.3 Å². The number of rotatable bonds is 2. The highest BCUT2D eigenvalue weighted by molar-refractivity contribution is 9.10. The monoisotopic (exact) mass is 258 g/mol. The number of hydrogen-bond acceptors (Lipinski definition) is 2. The van der Waals surface area contributed by atoms with Crippen molar-refractivity contribution in [2.75, 3.05) is 11.1 Å². The topological polar surface area (TPSA) is 38.0 Å². The van der Waals surface area contributed by atoms with Gasteiger partial charge in [-0.05, 0) is 41.3 Å². The first-order valence-corrected chi connectivity index (χ1v) is 5.47. The number of benzene rings is 1. The van der Waals surface area contributed by atoms with Gasteiger partial charge in [0, 0.05) is 12.1 Å². The molecule has 0 atom stereocenters. The van der Waals surface area contributed by atoms with Crippen molar-refractivity contribution in [1.29, 1.82) is 0 Å². The summed E-state index contributed by atoms with van der Waals surface area (Å²) in [5.41, 5.74) is 6.99. The lowest BCUT2D eigenvalue weighted by atomic mass is 9.93. The molecule has 1 aromatic rings. The molecule has 0 radical (unpaired) electrons. The van der Waals surface area contributed by atoms with Crippen molar-refractivity contribution in [2.45, 2.75) is 25.3 Å². The third-order valence-corrected chi connectivity index (χ3v) is 3.16. The first-order chi connectivity index (χ1) is 6.66. The van der Waals surface area contributed by atoms with Gasteiger partial charge in [-0.2, -0.15) is 0 Å². The fourth-order valence-electron chi connectivity index (χ4n) is 1.46. The Kier molecular flexibility index (Phi) is 2.63. The molecule has 0 unspecified atom stereocenters. The molecule has 14 heavy (non-hydrogen) atoms. The van der Waals surface area contributed by atoms with E-state index in [1.807, 2.05) is 0 Å². The van der Waals surface area contributed by atoms with Crippen molar-refractivity contribution in [3.63, 3.8) is 0 Å². The second-order valence-corrected chi connectivity index (χ2v) is 4.48. The van der Waals surface area contributed by atoms with E-state index in [4.69, 9.17) is 5.73 Å². The fourth-order valence-corrected chi connectivity index (χ4v) is 1.80. The van der Waals surface area contributed by atoms with Gasteiger partial charge in [-0.1, -0.05) is 0 Å². The standard InChI is InChI=1S/C10H12BrFN2/c11-7-4-10(9(13)5-8(7)12)14-6-2-1-3-6/h4-6,14H,1-3,13H2. The second-order valence-electron chi connectivity index (χ2n) is 3.63. The van der Waals surface area contributed by atoms with Gasteiger partial charge in [-0.15, -0.1) is 0 Å². The molecule has 4 heteroatoms. The van der Waals surface area contributed by atoms with Crippen LogP contribution in [0.2, 0.25) is 0 Å². The summed E-state index contributed by atoms with van der Waals surface area (Å²) in [7, 11) is 0. The SMILES string of the molecule is Nc1cc(F)c(Br)cc1NC1CCC1. The third kappa shape index (κ3) is 1.85. The van der Waals surface area contributed by atoms with E-state index >= 15 is 0 Å². The van der Waals surface area contributed by atoms with Crippen LogP contribution in [0.3, 0.4) is 0 Å². The molecule has 0 saturated heterocycles. The lowest BCUT2D eigenvalue weighted by Gasteiger charge is -2.28. The summed E-state index contributed by atoms with van der Waals surface area (Å²) in [5.74, 6) is -0.318. The number of hydrogen-bond donors (Lipinski definition) is 2. The molecule has 1 fully saturated rings. The van der Waals surface area contributed by atoms with Gasteiger partial charge in [0.25, 0.3) is 0 Å². The van der Waals surface area contributed by atoms with Gasteiger partial charge in [-0.25, -0.2) is 4.39 Å². The Labute approximate surface area is 90.8 Å². The van der Waals surface area contributed by atoms with Crippen LogP contribution in [0, 0.1) is 5.82 Å². The van der Waals surface area contributed by atoms with Crippen LogP contribution >= 0.6 is 15.9 Å². The Bertz CT molecular complexity index is 350. The Balaban J connectivity index is 2.19. The molecule has 0 aliphatic heterocycles. The van der Waals surface area contributed by atoms with Crippen LogP contribution < -0.4 is 11.1 Å². The Morgan fingerprint density at radius 2 is 2.14 bits per heavy atom. The summed E-state index contributed by atoms with van der Waals surface area (Å²) in [6.07, 6.45) is 3.61. The molecule has 0 bridgehead atoms. The first-order valence-electron chi connectivity index (χ1n) is 4.68. The minimum atomic E-state index is -0.318. The molecule has 76 valence electrons. The summed E-state index contributed by atoms with van der Waals surface area (Å²) in [6, 6.07) is 3.54. The van der Waals surface area contributed by atoms with Crippen molar-refractivity contribution in [2.24, 2.45) is 0 Å². The molecule has 1 saturated carbocycles. The maximum absolute atomic E-state index is 13.0. The van der Waals surface area contributed by atoms with Crippen LogP contribution in [-0.2, 0) is 0 Å². The van der Waals surface area contributed by atoms with E-state index in [9.17, 15) is 4.39 Å². The van der Waals surface area contributed by atoms with Gasteiger partial charge < -0.3 is 11.1 Å². The van der Waals surface area contributed by atoms with E-state index in [0.29, 0.717) is 16.2 Å². The number of anilines is 2. The van der Waals surface area contributed by atoms with Gasteiger partial charge in [0.15, 0.2) is 0 Å². The second kappa shape index (κ2) is 3.77. The van der Waals surface area contributed by atoms with Crippen molar-refractivity contribution in [3.05, 3.63) is 22.4 Å². The number of nitrogens with one attached hydrogen (secondary N) is 1. The van der Waals surface area contributed by atoms with Crippen LogP contribution in [-0.4, -0.2) is 6.04 Å². The smallest absolute Gasteiger partial charge is 0.139 e. The fraction of sp³-hybridized carbons (Fsp3) is 0.400. The van der Waals surface area contributed by atoms with E-state index in [2.05, 4.69) is 21.2 Å². The van der Waals surface area contributed by atoms with Gasteiger partial charge in [0.05, 0.1) is 15.8 Å². The zero-order valence-electron chi connectivity index (χ0n) is 7.69. The van der Waals surface area contributed by atoms with Crippen LogP contribution in [0.15, 0.2) is 16.6 Å². The zero-order valence-corrected chi connectivity index (χ0v) is 9.27. The molecule has 0 spiro atoms. The maximum atomic E-state index is 13.0. The first kappa shape index (κ1) is 9.77. The Hall–Kier alpha value is -0.770. The summed E-state index contributed by atoms with van der Waals surface area (Å²) >= 11 is 3.14. The molecular weight excluding hydrogens is 247 g/mol. The van der Waals surface area contributed by atoms with E-state index in [0.717, 1.165) is 5.69 Å². The highest BCUT2D eigenvalue weighted by atomic mass is 79.9. The summed E-state index contributed by atoms with van der Waals surface area (Å²) in [6.45, 7) is 0.